The second-order valence-corrected chi connectivity index (χ2v) is 3.43. The van der Waals surface area contributed by atoms with Gasteiger partial charge in [-0.2, -0.15) is 0 Å². The van der Waals surface area contributed by atoms with Gasteiger partial charge in [-0.3, -0.25) is 4.98 Å². The maximum absolute atomic E-state index is 5.57. The Kier molecular flexibility index (Phi) is 4.05. The highest BCUT2D eigenvalue weighted by Gasteiger charge is 1.99. The number of hydrogen-bond donors (Lipinski definition) is 0. The first-order valence-electron chi connectivity index (χ1n) is 5.49. The van der Waals surface area contributed by atoms with E-state index in [9.17, 15) is 0 Å². The Hall–Kier alpha value is -1.94. The van der Waals surface area contributed by atoms with E-state index in [4.69, 9.17) is 9.47 Å². The molecule has 0 saturated heterocycles. The van der Waals surface area contributed by atoms with E-state index in [2.05, 4.69) is 9.97 Å². The Bertz CT molecular complexity index is 460. The number of benzene rings is 1. The minimum absolute atomic E-state index is 0.487. The smallest absolute Gasteiger partial charge is 0.237 e. The zero-order valence-corrected chi connectivity index (χ0v) is 9.67. The van der Waals surface area contributed by atoms with Crippen LogP contribution >= 0.6 is 0 Å². The second kappa shape index (κ2) is 5.96. The highest BCUT2D eigenvalue weighted by molar-refractivity contribution is 5.30. The van der Waals surface area contributed by atoms with Crippen LogP contribution in [-0.2, 0) is 11.3 Å². The van der Waals surface area contributed by atoms with Gasteiger partial charge >= 0.3 is 0 Å². The molecule has 0 unspecified atom stereocenters. The van der Waals surface area contributed by atoms with Crippen molar-refractivity contribution >= 4 is 0 Å². The molecule has 0 aliphatic carbocycles. The predicted molar refractivity (Wildman–Crippen MR) is 63.9 cm³/mol. The van der Waals surface area contributed by atoms with E-state index in [-0.39, 0.29) is 0 Å². The molecule has 0 saturated carbocycles. The van der Waals surface area contributed by atoms with E-state index in [1.807, 2.05) is 31.2 Å². The summed E-state index contributed by atoms with van der Waals surface area (Å²) in [4.78, 5) is 7.99. The molecule has 17 heavy (non-hydrogen) atoms. The van der Waals surface area contributed by atoms with Crippen molar-refractivity contribution in [1.29, 1.82) is 0 Å². The molecule has 0 atom stereocenters. The lowest BCUT2D eigenvalue weighted by Gasteiger charge is -2.06. The molecule has 1 aromatic carbocycles. The largest absolute Gasteiger partial charge is 0.437 e. The van der Waals surface area contributed by atoms with Crippen LogP contribution in [0.2, 0.25) is 0 Å². The van der Waals surface area contributed by atoms with E-state index >= 15 is 0 Å². The van der Waals surface area contributed by atoms with Gasteiger partial charge in [-0.05, 0) is 24.6 Å². The van der Waals surface area contributed by atoms with Gasteiger partial charge in [0.2, 0.25) is 5.88 Å². The van der Waals surface area contributed by atoms with Crippen LogP contribution in [0.25, 0.3) is 0 Å². The highest BCUT2D eigenvalue weighted by atomic mass is 16.5. The molecule has 1 heterocycles. The van der Waals surface area contributed by atoms with Gasteiger partial charge in [0.05, 0.1) is 12.8 Å². The first-order chi connectivity index (χ1) is 8.38. The average molecular weight is 230 g/mol. The lowest BCUT2D eigenvalue weighted by atomic mass is 10.2. The maximum Gasteiger partial charge on any atom is 0.237 e. The molecular formula is C13H14N2O2. The van der Waals surface area contributed by atoms with Crippen LogP contribution in [-0.4, -0.2) is 16.6 Å². The fourth-order valence-corrected chi connectivity index (χ4v) is 1.38. The lowest BCUT2D eigenvalue weighted by Crippen LogP contribution is -1.93. The molecule has 1 aromatic heterocycles. The molecule has 0 radical (unpaired) electrons. The molecule has 0 bridgehead atoms. The average Bonchev–Trinajstić information content (AvgIpc) is 2.38. The Morgan fingerprint density at radius 2 is 2.18 bits per heavy atom. The van der Waals surface area contributed by atoms with Crippen molar-refractivity contribution in [3.63, 3.8) is 0 Å². The zero-order chi connectivity index (χ0) is 11.9. The first kappa shape index (κ1) is 11.5. The van der Waals surface area contributed by atoms with Crippen LogP contribution in [0.15, 0.2) is 42.9 Å². The van der Waals surface area contributed by atoms with Crippen LogP contribution in [0.4, 0.5) is 0 Å². The number of ether oxygens (including phenoxy) is 2. The summed E-state index contributed by atoms with van der Waals surface area (Å²) < 4.78 is 10.9. The third-order valence-electron chi connectivity index (χ3n) is 2.13. The predicted octanol–water partition coefficient (Wildman–Crippen LogP) is 2.81. The standard InChI is InChI=1S/C13H14N2O2/c1-2-16-10-11-4-3-5-12(8-11)17-13-9-14-6-7-15-13/h3-9H,2,10H2,1H3. The minimum Gasteiger partial charge on any atom is -0.437 e. The summed E-state index contributed by atoms with van der Waals surface area (Å²) in [6.07, 6.45) is 4.78. The van der Waals surface area contributed by atoms with Crippen LogP contribution in [0, 0.1) is 0 Å². The van der Waals surface area contributed by atoms with E-state index in [1.165, 1.54) is 0 Å². The summed E-state index contributed by atoms with van der Waals surface area (Å²) in [5.74, 6) is 1.23. The van der Waals surface area contributed by atoms with Crippen LogP contribution in [0.5, 0.6) is 11.6 Å². The van der Waals surface area contributed by atoms with Crippen LogP contribution in [0.3, 0.4) is 0 Å². The Labute approximate surface area is 100 Å². The molecule has 0 fully saturated rings. The molecular weight excluding hydrogens is 216 g/mol. The van der Waals surface area contributed by atoms with E-state index < -0.39 is 0 Å². The quantitative estimate of drug-likeness (QED) is 0.792. The number of hydrogen-bond acceptors (Lipinski definition) is 4. The topological polar surface area (TPSA) is 44.2 Å². The molecule has 88 valence electrons. The van der Waals surface area contributed by atoms with Crippen molar-refractivity contribution in [2.45, 2.75) is 13.5 Å². The van der Waals surface area contributed by atoms with Gasteiger partial charge in [0.25, 0.3) is 0 Å². The summed E-state index contributed by atoms with van der Waals surface area (Å²) >= 11 is 0. The maximum atomic E-state index is 5.57. The highest BCUT2D eigenvalue weighted by Crippen LogP contribution is 2.19. The van der Waals surface area contributed by atoms with Crippen LogP contribution < -0.4 is 4.74 Å². The van der Waals surface area contributed by atoms with E-state index in [0.717, 1.165) is 11.3 Å². The monoisotopic (exact) mass is 230 g/mol. The van der Waals surface area contributed by atoms with Crippen molar-refractivity contribution in [2.24, 2.45) is 0 Å². The summed E-state index contributed by atoms with van der Waals surface area (Å²) in [7, 11) is 0. The second-order valence-electron chi connectivity index (χ2n) is 3.43. The fourth-order valence-electron chi connectivity index (χ4n) is 1.38. The van der Waals surface area contributed by atoms with Crippen LogP contribution in [0.1, 0.15) is 12.5 Å². The number of aromatic nitrogens is 2. The number of nitrogens with zero attached hydrogens (tertiary/aromatic N) is 2. The molecule has 2 aromatic rings. The van der Waals surface area contributed by atoms with Gasteiger partial charge < -0.3 is 9.47 Å². The summed E-state index contributed by atoms with van der Waals surface area (Å²) in [6.45, 7) is 3.27. The van der Waals surface area contributed by atoms with Gasteiger partial charge in [-0.1, -0.05) is 12.1 Å². The lowest BCUT2D eigenvalue weighted by molar-refractivity contribution is 0.134. The Morgan fingerprint density at radius 3 is 2.94 bits per heavy atom. The third kappa shape index (κ3) is 3.53. The molecule has 4 nitrogen and oxygen atoms in total. The summed E-state index contributed by atoms with van der Waals surface area (Å²) in [5.41, 5.74) is 1.08. The summed E-state index contributed by atoms with van der Waals surface area (Å²) in [5, 5.41) is 0. The molecule has 0 N–H and O–H groups in total. The molecule has 0 aliphatic heterocycles. The SMILES string of the molecule is CCOCc1cccc(Oc2cnccn2)c1. The van der Waals surface area contributed by atoms with E-state index in [1.54, 1.807) is 18.6 Å². The van der Waals surface area contributed by atoms with Gasteiger partial charge in [0.1, 0.15) is 5.75 Å². The number of rotatable bonds is 5. The molecule has 0 spiro atoms. The van der Waals surface area contributed by atoms with Crippen molar-refractivity contribution < 1.29 is 9.47 Å². The van der Waals surface area contributed by atoms with Crippen molar-refractivity contribution in [3.8, 4) is 11.6 Å². The molecule has 0 aliphatic rings. The van der Waals surface area contributed by atoms with E-state index in [0.29, 0.717) is 19.1 Å². The fraction of sp³-hybridized carbons (Fsp3) is 0.231. The van der Waals surface area contributed by atoms with Gasteiger partial charge in [-0.15, -0.1) is 0 Å². The summed E-state index contributed by atoms with van der Waals surface area (Å²) in [6, 6.07) is 7.74. The third-order valence-corrected chi connectivity index (χ3v) is 2.13. The molecule has 4 heteroatoms. The molecule has 0 amide bonds. The Morgan fingerprint density at radius 1 is 1.24 bits per heavy atom. The van der Waals surface area contributed by atoms with Gasteiger partial charge in [-0.25, -0.2) is 4.98 Å². The van der Waals surface area contributed by atoms with Gasteiger partial charge in [0, 0.05) is 19.0 Å². The van der Waals surface area contributed by atoms with Crippen molar-refractivity contribution in [2.75, 3.05) is 6.61 Å². The first-order valence-corrected chi connectivity index (χ1v) is 5.49. The zero-order valence-electron chi connectivity index (χ0n) is 9.67. The van der Waals surface area contributed by atoms with Crippen molar-refractivity contribution in [1.82, 2.24) is 9.97 Å². The Balaban J connectivity index is 2.06. The minimum atomic E-state index is 0.487. The molecule has 2 rings (SSSR count). The van der Waals surface area contributed by atoms with Crippen molar-refractivity contribution in [3.05, 3.63) is 48.4 Å². The normalized spacial score (nSPS) is 10.2. The van der Waals surface area contributed by atoms with Gasteiger partial charge in [0.15, 0.2) is 0 Å².